The molecule has 108 valence electrons. The summed E-state index contributed by atoms with van der Waals surface area (Å²) in [5, 5.41) is 10.5. The summed E-state index contributed by atoms with van der Waals surface area (Å²) in [4.78, 5) is 21.8. The van der Waals surface area contributed by atoms with Gasteiger partial charge in [0.1, 0.15) is 5.75 Å². The van der Waals surface area contributed by atoms with Crippen molar-refractivity contribution in [2.45, 2.75) is 13.0 Å². The lowest BCUT2D eigenvalue weighted by molar-refractivity contribution is -0.387. The van der Waals surface area contributed by atoms with Gasteiger partial charge in [0.05, 0.1) is 4.92 Å². The molecule has 0 aromatic heterocycles. The molecule has 0 saturated heterocycles. The first-order chi connectivity index (χ1) is 9.99. The summed E-state index contributed by atoms with van der Waals surface area (Å²) in [6.45, 7) is 1.54. The van der Waals surface area contributed by atoms with Crippen LogP contribution in [0.3, 0.4) is 0 Å². The Hall–Kier alpha value is -2.76. The van der Waals surface area contributed by atoms with E-state index in [-0.39, 0.29) is 11.5 Å². The second kappa shape index (κ2) is 6.13. The molecule has 1 atom stereocenters. The second-order valence-corrected chi connectivity index (χ2v) is 4.36. The molecule has 2 aromatic carbocycles. The minimum atomic E-state index is -1.00. The molecule has 0 spiro atoms. The average Bonchev–Trinajstić information content (AvgIpc) is 2.47. The van der Waals surface area contributed by atoms with Gasteiger partial charge in [0, 0.05) is 17.7 Å². The van der Waals surface area contributed by atoms with E-state index in [1.54, 1.807) is 30.3 Å². The number of nitro benzene ring substituents is 1. The first kappa shape index (κ1) is 14.6. The maximum absolute atomic E-state index is 13.5. The van der Waals surface area contributed by atoms with Crippen LogP contribution in [0, 0.1) is 15.9 Å². The van der Waals surface area contributed by atoms with Crippen molar-refractivity contribution in [3.8, 4) is 5.75 Å². The number of benzene rings is 2. The highest BCUT2D eigenvalue weighted by Gasteiger charge is 2.19. The largest absolute Gasteiger partial charge is 0.482 e. The zero-order valence-electron chi connectivity index (χ0n) is 11.2. The van der Waals surface area contributed by atoms with Gasteiger partial charge in [-0.05, 0) is 13.0 Å². The number of ether oxygens (including phenoxy) is 1. The molecule has 0 N–H and O–H groups in total. The number of nitrogens with zero attached hydrogens (tertiary/aromatic N) is 1. The first-order valence-electron chi connectivity index (χ1n) is 6.19. The Balaban J connectivity index is 2.13. The van der Waals surface area contributed by atoms with Gasteiger partial charge in [-0.25, -0.2) is 0 Å². The average molecular weight is 289 g/mol. The number of carbonyl (C=O) groups excluding carboxylic acids is 1. The van der Waals surface area contributed by atoms with E-state index in [2.05, 4.69) is 0 Å². The van der Waals surface area contributed by atoms with Crippen molar-refractivity contribution in [2.24, 2.45) is 0 Å². The number of rotatable bonds is 5. The second-order valence-electron chi connectivity index (χ2n) is 4.36. The molecule has 2 aromatic rings. The molecule has 0 amide bonds. The van der Waals surface area contributed by atoms with Crippen molar-refractivity contribution in [1.82, 2.24) is 0 Å². The summed E-state index contributed by atoms with van der Waals surface area (Å²) in [6, 6.07) is 11.7. The highest BCUT2D eigenvalue weighted by atomic mass is 19.1. The predicted molar refractivity (Wildman–Crippen MR) is 73.9 cm³/mol. The quantitative estimate of drug-likeness (QED) is 0.480. The van der Waals surface area contributed by atoms with Gasteiger partial charge in [-0.1, -0.05) is 30.3 Å². The molecule has 0 saturated carbocycles. The molecule has 0 heterocycles. The Morgan fingerprint density at radius 2 is 1.90 bits per heavy atom. The number of ketones is 1. The molecule has 1 unspecified atom stereocenters. The lowest BCUT2D eigenvalue weighted by Gasteiger charge is -2.13. The Morgan fingerprint density at radius 1 is 1.24 bits per heavy atom. The Labute approximate surface area is 120 Å². The topological polar surface area (TPSA) is 69.4 Å². The fraction of sp³-hybridized carbons (Fsp3) is 0.133. The summed E-state index contributed by atoms with van der Waals surface area (Å²) < 4.78 is 18.8. The van der Waals surface area contributed by atoms with Gasteiger partial charge < -0.3 is 4.74 Å². The van der Waals surface area contributed by atoms with E-state index in [4.69, 9.17) is 4.74 Å². The first-order valence-corrected chi connectivity index (χ1v) is 6.19. The van der Waals surface area contributed by atoms with E-state index >= 15 is 0 Å². The third-order valence-corrected chi connectivity index (χ3v) is 2.86. The van der Waals surface area contributed by atoms with Crippen LogP contribution in [-0.4, -0.2) is 16.8 Å². The number of halogens is 1. The summed E-state index contributed by atoms with van der Waals surface area (Å²) in [5.41, 5.74) is -0.156. The lowest BCUT2D eigenvalue weighted by atomic mass is 10.1. The van der Waals surface area contributed by atoms with Crippen molar-refractivity contribution >= 4 is 11.5 Å². The Kier molecular flexibility index (Phi) is 4.27. The maximum Gasteiger partial charge on any atom is 0.305 e. The van der Waals surface area contributed by atoms with Crippen molar-refractivity contribution in [2.75, 3.05) is 0 Å². The third kappa shape index (κ3) is 3.42. The molecular formula is C15H12FNO4. The highest BCUT2D eigenvalue weighted by molar-refractivity contribution is 5.99. The van der Waals surface area contributed by atoms with Gasteiger partial charge in [-0.3, -0.25) is 14.9 Å². The molecular weight excluding hydrogens is 277 g/mol. The van der Waals surface area contributed by atoms with Crippen LogP contribution in [0.5, 0.6) is 5.75 Å². The minimum Gasteiger partial charge on any atom is -0.482 e. The van der Waals surface area contributed by atoms with Crippen LogP contribution in [0.2, 0.25) is 0 Å². The SMILES string of the molecule is CC(Oc1ccc([N+](=O)[O-])c(F)c1)C(=O)c1ccccc1. The lowest BCUT2D eigenvalue weighted by Crippen LogP contribution is -2.23. The Bertz CT molecular complexity index is 673. The van der Waals surface area contributed by atoms with E-state index in [1.807, 2.05) is 0 Å². The summed E-state index contributed by atoms with van der Waals surface area (Å²) in [6.07, 6.45) is -0.826. The third-order valence-electron chi connectivity index (χ3n) is 2.86. The van der Waals surface area contributed by atoms with Crippen LogP contribution in [0.1, 0.15) is 17.3 Å². The van der Waals surface area contributed by atoms with Gasteiger partial charge in [-0.2, -0.15) is 4.39 Å². The highest BCUT2D eigenvalue weighted by Crippen LogP contribution is 2.23. The summed E-state index contributed by atoms with van der Waals surface area (Å²) in [5.74, 6) is -1.19. The van der Waals surface area contributed by atoms with Crippen molar-refractivity contribution in [1.29, 1.82) is 0 Å². The van der Waals surface area contributed by atoms with Crippen LogP contribution in [0.15, 0.2) is 48.5 Å². The van der Waals surface area contributed by atoms with E-state index in [0.717, 1.165) is 12.1 Å². The molecule has 21 heavy (non-hydrogen) atoms. The van der Waals surface area contributed by atoms with Gasteiger partial charge in [0.15, 0.2) is 6.10 Å². The molecule has 0 aliphatic carbocycles. The summed E-state index contributed by atoms with van der Waals surface area (Å²) >= 11 is 0. The van der Waals surface area contributed by atoms with Gasteiger partial charge >= 0.3 is 5.69 Å². The van der Waals surface area contributed by atoms with E-state index in [1.165, 1.54) is 13.0 Å². The molecule has 0 bridgehead atoms. The van der Waals surface area contributed by atoms with Gasteiger partial charge in [-0.15, -0.1) is 0 Å². The number of Topliss-reactive ketones (excluding diaryl/α,β-unsaturated/α-hetero) is 1. The standard InChI is InChI=1S/C15H12FNO4/c1-10(15(18)11-5-3-2-4-6-11)21-12-7-8-14(17(19)20)13(16)9-12/h2-10H,1H3. The predicted octanol–water partition coefficient (Wildman–Crippen LogP) is 3.38. The summed E-state index contributed by atoms with van der Waals surface area (Å²) in [7, 11) is 0. The molecule has 0 aliphatic heterocycles. The van der Waals surface area contributed by atoms with Crippen LogP contribution in [0.25, 0.3) is 0 Å². The minimum absolute atomic E-state index is 0.0647. The molecule has 0 radical (unpaired) electrons. The van der Waals surface area contributed by atoms with Crippen LogP contribution < -0.4 is 4.74 Å². The van der Waals surface area contributed by atoms with Crippen LogP contribution in [0.4, 0.5) is 10.1 Å². The normalized spacial score (nSPS) is 11.7. The van der Waals surface area contributed by atoms with Crippen LogP contribution in [-0.2, 0) is 0 Å². The molecule has 2 rings (SSSR count). The molecule has 5 nitrogen and oxygen atoms in total. The fourth-order valence-corrected chi connectivity index (χ4v) is 1.80. The smallest absolute Gasteiger partial charge is 0.305 e. The van der Waals surface area contributed by atoms with Crippen molar-refractivity contribution in [3.05, 3.63) is 70.0 Å². The van der Waals surface area contributed by atoms with Gasteiger partial charge in [0.25, 0.3) is 0 Å². The molecule has 0 fully saturated rings. The number of hydrogen-bond donors (Lipinski definition) is 0. The zero-order chi connectivity index (χ0) is 15.4. The van der Waals surface area contributed by atoms with E-state index in [0.29, 0.717) is 5.56 Å². The molecule has 0 aliphatic rings. The molecule has 6 heteroatoms. The van der Waals surface area contributed by atoms with E-state index < -0.39 is 22.5 Å². The Morgan fingerprint density at radius 3 is 2.48 bits per heavy atom. The van der Waals surface area contributed by atoms with Crippen molar-refractivity contribution < 1.29 is 18.8 Å². The van der Waals surface area contributed by atoms with Crippen molar-refractivity contribution in [3.63, 3.8) is 0 Å². The monoisotopic (exact) mass is 289 g/mol. The van der Waals surface area contributed by atoms with Gasteiger partial charge in [0.2, 0.25) is 11.6 Å². The number of carbonyl (C=O) groups is 1. The van der Waals surface area contributed by atoms with E-state index in [9.17, 15) is 19.3 Å². The maximum atomic E-state index is 13.5. The van der Waals surface area contributed by atoms with Crippen LogP contribution >= 0.6 is 0 Å². The number of hydrogen-bond acceptors (Lipinski definition) is 4. The fourth-order valence-electron chi connectivity index (χ4n) is 1.80. The number of nitro groups is 1. The zero-order valence-corrected chi connectivity index (χ0v) is 11.2.